The van der Waals surface area contributed by atoms with Gasteiger partial charge in [-0.15, -0.1) is 0 Å². The van der Waals surface area contributed by atoms with Gasteiger partial charge in [-0.2, -0.15) is 5.10 Å². The summed E-state index contributed by atoms with van der Waals surface area (Å²) in [6.45, 7) is 1.97. The number of pyridine rings is 2. The maximum Gasteiger partial charge on any atom is 0.132 e. The minimum atomic E-state index is -0.382. The van der Waals surface area contributed by atoms with Gasteiger partial charge in [0.2, 0.25) is 0 Å². The van der Waals surface area contributed by atoms with Gasteiger partial charge in [0.05, 0.1) is 28.6 Å². The molecule has 1 aromatic carbocycles. The number of aromatic amines is 1. The summed E-state index contributed by atoms with van der Waals surface area (Å²) < 4.78 is 14.4. The highest BCUT2D eigenvalue weighted by Crippen LogP contribution is 2.33. The Labute approximate surface area is 184 Å². The maximum atomic E-state index is 14.4. The van der Waals surface area contributed by atoms with Crippen LogP contribution in [0.15, 0.2) is 48.8 Å². The van der Waals surface area contributed by atoms with Gasteiger partial charge in [-0.25, -0.2) is 9.37 Å². The van der Waals surface area contributed by atoms with Crippen molar-refractivity contribution in [1.29, 1.82) is 0 Å². The third-order valence-corrected chi connectivity index (χ3v) is 6.12. The van der Waals surface area contributed by atoms with E-state index in [9.17, 15) is 4.39 Å². The van der Waals surface area contributed by atoms with Gasteiger partial charge in [0.1, 0.15) is 11.5 Å². The molecule has 0 unspecified atom stereocenters. The van der Waals surface area contributed by atoms with Gasteiger partial charge in [0.25, 0.3) is 0 Å². The summed E-state index contributed by atoms with van der Waals surface area (Å²) in [5, 5.41) is 7.54. The molecular weight excluding hydrogens is 415 g/mol. The summed E-state index contributed by atoms with van der Waals surface area (Å²) in [6, 6.07) is 10.9. The van der Waals surface area contributed by atoms with E-state index in [4.69, 9.17) is 16.6 Å². The van der Waals surface area contributed by atoms with Gasteiger partial charge in [-0.05, 0) is 56.9 Å². The highest BCUT2D eigenvalue weighted by Gasteiger charge is 2.24. The number of fused-ring (bicyclic) bond motifs is 1. The Morgan fingerprint density at radius 2 is 2.00 bits per heavy atom. The van der Waals surface area contributed by atoms with E-state index in [1.54, 1.807) is 12.3 Å². The molecule has 1 atom stereocenters. The molecule has 3 aromatic heterocycles. The molecule has 8 heteroatoms. The molecule has 1 fully saturated rings. The van der Waals surface area contributed by atoms with Crippen LogP contribution in [0.3, 0.4) is 0 Å². The molecule has 4 aromatic rings. The Morgan fingerprint density at radius 3 is 2.81 bits per heavy atom. The fraction of sp³-hybridized carbons (Fsp3) is 0.261. The number of anilines is 1. The molecule has 6 nitrogen and oxygen atoms in total. The normalized spacial score (nSPS) is 16.5. The van der Waals surface area contributed by atoms with Crippen LogP contribution in [-0.2, 0) is 0 Å². The SMILES string of the molecule is CN(C)[C@H]1CCN(c2cnc3ccc(-c4c[nH]nc4-c4cc(Cl)ccc4F)nc3c2)C1. The third-order valence-electron chi connectivity index (χ3n) is 5.88. The standard InChI is InChI=1S/C23H22ClFN6/c1-30(2)15-7-8-31(13-15)16-10-22-21(26-11-16)6-5-20(28-22)18-12-27-29-23(18)17-9-14(24)3-4-19(17)25/h3-6,9-12,15H,7-8,13H2,1-2H3,(H,27,29)/t15-/m0/s1. The van der Waals surface area contributed by atoms with Gasteiger partial charge >= 0.3 is 0 Å². The fourth-order valence-electron chi connectivity index (χ4n) is 4.09. The lowest BCUT2D eigenvalue weighted by Crippen LogP contribution is -2.31. The van der Waals surface area contributed by atoms with Gasteiger partial charge in [-0.3, -0.25) is 10.1 Å². The molecule has 5 rings (SSSR count). The molecule has 1 aliphatic heterocycles. The van der Waals surface area contributed by atoms with Crippen LogP contribution in [0.2, 0.25) is 5.02 Å². The first-order valence-corrected chi connectivity index (χ1v) is 10.5. The second-order valence-electron chi connectivity index (χ2n) is 8.05. The Bertz CT molecular complexity index is 1250. The van der Waals surface area contributed by atoms with E-state index in [1.165, 1.54) is 12.1 Å². The molecule has 0 spiro atoms. The van der Waals surface area contributed by atoms with Crippen LogP contribution < -0.4 is 4.90 Å². The lowest BCUT2D eigenvalue weighted by atomic mass is 10.0. The molecule has 0 bridgehead atoms. The first kappa shape index (κ1) is 19.9. The molecule has 158 valence electrons. The summed E-state index contributed by atoms with van der Waals surface area (Å²) in [4.78, 5) is 14.0. The molecule has 1 N–H and O–H groups in total. The summed E-state index contributed by atoms with van der Waals surface area (Å²) in [5.74, 6) is -0.382. The first-order chi connectivity index (χ1) is 15.0. The van der Waals surface area contributed by atoms with Crippen LogP contribution in [0.4, 0.5) is 10.1 Å². The number of nitrogens with zero attached hydrogens (tertiary/aromatic N) is 5. The lowest BCUT2D eigenvalue weighted by molar-refractivity contribution is 0.315. The molecule has 0 radical (unpaired) electrons. The molecule has 1 aliphatic rings. The highest BCUT2D eigenvalue weighted by atomic mass is 35.5. The Hall–Kier alpha value is -3.03. The van der Waals surface area contributed by atoms with Crippen molar-refractivity contribution in [2.24, 2.45) is 0 Å². The minimum Gasteiger partial charge on any atom is -0.369 e. The average molecular weight is 437 g/mol. The number of hydrogen-bond acceptors (Lipinski definition) is 5. The van der Waals surface area contributed by atoms with E-state index in [1.807, 2.05) is 18.3 Å². The van der Waals surface area contributed by atoms with Crippen molar-refractivity contribution in [1.82, 2.24) is 25.1 Å². The molecular formula is C23H22ClFN6. The number of rotatable bonds is 4. The molecule has 0 saturated carbocycles. The van der Waals surface area contributed by atoms with Crippen molar-refractivity contribution in [3.63, 3.8) is 0 Å². The largest absolute Gasteiger partial charge is 0.369 e. The molecule has 4 heterocycles. The van der Waals surface area contributed by atoms with E-state index >= 15 is 0 Å². The van der Waals surface area contributed by atoms with Gasteiger partial charge in [-0.1, -0.05) is 11.6 Å². The number of benzene rings is 1. The zero-order chi connectivity index (χ0) is 21.5. The first-order valence-electron chi connectivity index (χ1n) is 10.2. The monoisotopic (exact) mass is 436 g/mol. The predicted octanol–water partition coefficient (Wildman–Crippen LogP) is 4.62. The third kappa shape index (κ3) is 3.75. The quantitative estimate of drug-likeness (QED) is 0.505. The number of nitrogens with one attached hydrogen (secondary N) is 1. The summed E-state index contributed by atoms with van der Waals surface area (Å²) in [7, 11) is 4.23. The second kappa shape index (κ2) is 7.90. The van der Waals surface area contributed by atoms with Crippen LogP contribution in [0, 0.1) is 5.82 Å². The number of hydrogen-bond donors (Lipinski definition) is 1. The van der Waals surface area contributed by atoms with Gasteiger partial charge in [0.15, 0.2) is 0 Å². The van der Waals surface area contributed by atoms with Crippen LogP contribution in [0.1, 0.15) is 6.42 Å². The van der Waals surface area contributed by atoms with E-state index < -0.39 is 0 Å². The van der Waals surface area contributed by atoms with Crippen molar-refractivity contribution in [2.75, 3.05) is 32.1 Å². The Balaban J connectivity index is 1.53. The number of H-pyrrole nitrogens is 1. The number of likely N-dealkylation sites (N-methyl/N-ethyl adjacent to an activating group) is 1. The Morgan fingerprint density at radius 1 is 1.13 bits per heavy atom. The van der Waals surface area contributed by atoms with Crippen molar-refractivity contribution >= 4 is 28.3 Å². The fourth-order valence-corrected chi connectivity index (χ4v) is 4.26. The van der Waals surface area contributed by atoms with E-state index in [0.29, 0.717) is 33.6 Å². The van der Waals surface area contributed by atoms with Gasteiger partial charge in [0, 0.05) is 41.5 Å². The van der Waals surface area contributed by atoms with E-state index in [0.717, 1.165) is 36.2 Å². The molecule has 0 aliphatic carbocycles. The zero-order valence-electron chi connectivity index (χ0n) is 17.3. The number of halogens is 2. The van der Waals surface area contributed by atoms with Gasteiger partial charge < -0.3 is 9.80 Å². The maximum absolute atomic E-state index is 14.4. The van der Waals surface area contributed by atoms with E-state index in [2.05, 4.69) is 45.1 Å². The van der Waals surface area contributed by atoms with Crippen molar-refractivity contribution in [3.05, 3.63) is 59.6 Å². The smallest absolute Gasteiger partial charge is 0.132 e. The topological polar surface area (TPSA) is 60.9 Å². The van der Waals surface area contributed by atoms with Crippen LogP contribution >= 0.6 is 11.6 Å². The lowest BCUT2D eigenvalue weighted by Gasteiger charge is -2.21. The minimum absolute atomic E-state index is 0.337. The van der Waals surface area contributed by atoms with Crippen molar-refractivity contribution < 1.29 is 4.39 Å². The van der Waals surface area contributed by atoms with Crippen molar-refractivity contribution in [2.45, 2.75) is 12.5 Å². The number of aromatic nitrogens is 4. The molecule has 0 amide bonds. The van der Waals surface area contributed by atoms with E-state index in [-0.39, 0.29) is 5.82 Å². The summed E-state index contributed by atoms with van der Waals surface area (Å²) in [5.41, 5.74) is 4.89. The Kier molecular flexibility index (Phi) is 5.08. The summed E-state index contributed by atoms with van der Waals surface area (Å²) in [6.07, 6.45) is 4.76. The predicted molar refractivity (Wildman–Crippen MR) is 122 cm³/mol. The van der Waals surface area contributed by atoms with Crippen LogP contribution in [-0.4, -0.2) is 58.3 Å². The highest BCUT2D eigenvalue weighted by molar-refractivity contribution is 6.30. The van der Waals surface area contributed by atoms with Crippen LogP contribution in [0.5, 0.6) is 0 Å². The summed E-state index contributed by atoms with van der Waals surface area (Å²) >= 11 is 6.08. The molecule has 1 saturated heterocycles. The zero-order valence-corrected chi connectivity index (χ0v) is 18.1. The van der Waals surface area contributed by atoms with Crippen LogP contribution in [0.25, 0.3) is 33.5 Å². The second-order valence-corrected chi connectivity index (χ2v) is 8.49. The average Bonchev–Trinajstić information content (AvgIpc) is 3.45. The van der Waals surface area contributed by atoms with Crippen molar-refractivity contribution in [3.8, 4) is 22.5 Å². The molecule has 31 heavy (non-hydrogen) atoms.